The Morgan fingerprint density at radius 3 is 1.92 bits per heavy atom. The van der Waals surface area contributed by atoms with E-state index in [0.717, 1.165) is 55.7 Å². The van der Waals surface area contributed by atoms with Gasteiger partial charge >= 0.3 is 0 Å². The zero-order valence-corrected chi connectivity index (χ0v) is 40.3. The van der Waals surface area contributed by atoms with Crippen LogP contribution < -0.4 is 25.5 Å². The highest BCUT2D eigenvalue weighted by Gasteiger charge is 2.47. The van der Waals surface area contributed by atoms with E-state index in [1.54, 1.807) is 29.5 Å². The summed E-state index contributed by atoms with van der Waals surface area (Å²) in [5.74, 6) is 0. The van der Waals surface area contributed by atoms with E-state index in [1.807, 2.05) is 56.0 Å². The fraction of sp³-hybridized carbons (Fsp3) is 0.290. The third-order valence-corrected chi connectivity index (χ3v) is 15.6. The third kappa shape index (κ3) is 6.97. The van der Waals surface area contributed by atoms with Crippen molar-refractivity contribution in [1.82, 2.24) is 0 Å². The molecule has 2 nitrogen and oxygen atoms in total. The first-order valence-corrected chi connectivity index (χ1v) is 23.9. The Morgan fingerprint density at radius 1 is 0.636 bits per heavy atom. The molecule has 330 valence electrons. The Labute approximate surface area is 416 Å². The molecule has 0 amide bonds. The number of benzene rings is 7. The van der Waals surface area contributed by atoms with Crippen LogP contribution in [0.4, 0.5) is 34.1 Å². The first-order chi connectivity index (χ1) is 36.6. The average Bonchev–Trinajstić information content (AvgIpc) is 4.00. The van der Waals surface area contributed by atoms with Gasteiger partial charge in [-0.3, -0.25) is 0 Å². The summed E-state index contributed by atoms with van der Waals surface area (Å²) in [6.45, 7) is 18.6. The molecule has 2 aliphatic heterocycles. The monoisotopic (exact) mass is 892 g/mol. The molecule has 1 aromatic heterocycles. The van der Waals surface area contributed by atoms with Gasteiger partial charge < -0.3 is 9.80 Å². The van der Waals surface area contributed by atoms with Gasteiger partial charge in [0.1, 0.15) is 0 Å². The van der Waals surface area contributed by atoms with Gasteiger partial charge in [0.2, 0.25) is 0 Å². The molecule has 0 saturated carbocycles. The second kappa shape index (κ2) is 15.1. The number of nitrogens with zero attached hydrogens (tertiary/aromatic N) is 2. The number of aryl methyl sites for hydroxylation is 1. The average molecular weight is 892 g/mol. The second-order valence-corrected chi connectivity index (χ2v) is 22.9. The fourth-order valence-electron chi connectivity index (χ4n) is 10.6. The number of anilines is 6. The lowest BCUT2D eigenvalue weighted by atomic mass is 9.36. The van der Waals surface area contributed by atoms with Gasteiger partial charge in [0.25, 0.3) is 6.71 Å². The zero-order chi connectivity index (χ0) is 57.3. The molecule has 8 aromatic rings. The van der Waals surface area contributed by atoms with Crippen LogP contribution in [-0.4, -0.2) is 6.71 Å². The maximum Gasteiger partial charge on any atom is 0.264 e. The summed E-state index contributed by atoms with van der Waals surface area (Å²) in [6.07, 6.45) is -0.285. The topological polar surface area (TPSA) is 6.48 Å². The largest absolute Gasteiger partial charge is 0.311 e. The summed E-state index contributed by atoms with van der Waals surface area (Å²) in [6, 6.07) is 27.1. The van der Waals surface area contributed by atoms with Crippen LogP contribution in [0.15, 0.2) is 145 Å². The predicted octanol–water partition coefficient (Wildman–Crippen LogP) is 15.5. The number of rotatable bonds is 5. The quantitative estimate of drug-likeness (QED) is 0.159. The summed E-state index contributed by atoms with van der Waals surface area (Å²) in [5, 5.41) is 1.01. The van der Waals surface area contributed by atoms with Gasteiger partial charge in [-0.1, -0.05) is 160 Å². The molecule has 0 spiro atoms. The second-order valence-electron chi connectivity index (χ2n) is 21.8. The third-order valence-electron chi connectivity index (χ3n) is 14.4. The van der Waals surface area contributed by atoms with Crippen LogP contribution in [0.1, 0.15) is 139 Å². The molecule has 0 saturated heterocycles. The standard InChI is InChI=1S/C62H63BN2S/c1-39-32-53-56-54(33-39)65(51-29-25-44(60(5,6)7)36-46(51)42-20-16-13-17-21-42)52-28-22-41(34-40-18-14-12-15-19-40)35-50(52)63(56)58-57(64(53)45-26-23-43(24-27-45)59(2,3)4)47-37-48-49(38-55(47)66-58)62(10,11)31-30-61(48,8)9/h12-29,32-33,35-38H,30-31,34H2,1-11H3/i1D3,12D,13D,14D,15D,16D,17D,20D,21D,34D2. The van der Waals surface area contributed by atoms with Crippen molar-refractivity contribution in [2.24, 2.45) is 0 Å². The minimum absolute atomic E-state index is 0.0259. The van der Waals surface area contributed by atoms with Crippen molar-refractivity contribution < 1.29 is 17.8 Å². The summed E-state index contributed by atoms with van der Waals surface area (Å²) in [7, 11) is 0. The maximum atomic E-state index is 9.83. The maximum absolute atomic E-state index is 9.83. The predicted molar refractivity (Wildman–Crippen MR) is 288 cm³/mol. The van der Waals surface area contributed by atoms with Gasteiger partial charge in [0.05, 0.1) is 22.3 Å². The minimum atomic E-state index is -2.63. The first kappa shape index (κ1) is 30.5. The number of thiophene rings is 1. The Hall–Kier alpha value is -5.84. The molecule has 0 atom stereocenters. The number of hydrogen-bond acceptors (Lipinski definition) is 3. The van der Waals surface area contributed by atoms with E-state index in [0.29, 0.717) is 33.8 Å². The SMILES string of the molecule is [2H]c1cc(C([2H])([2H])c2ccc3c(c2)B2c4sc5cc6c(cc5c4N(c4ccc(C(C)(C)C)cc4)c4cc(C([2H])([2H])[2H])cc(c42)N3c2ccc(C(C)(C)C)cc2-c2c([2H])c([2H])c([2H])c([2H])c2[2H])C(C)(C)CCC6(C)C)cc([2H])c1[2H]. The highest BCUT2D eigenvalue weighted by Crippen LogP contribution is 2.53. The highest BCUT2D eigenvalue weighted by atomic mass is 32.1. The fourth-order valence-corrected chi connectivity index (χ4v) is 11.9. The van der Waals surface area contributed by atoms with Crippen molar-refractivity contribution in [3.63, 3.8) is 0 Å². The zero-order valence-electron chi connectivity index (χ0n) is 52.5. The Kier molecular flexibility index (Phi) is 6.96. The van der Waals surface area contributed by atoms with Crippen LogP contribution in [0, 0.1) is 6.85 Å². The van der Waals surface area contributed by atoms with E-state index in [4.69, 9.17) is 8.22 Å². The van der Waals surface area contributed by atoms with Gasteiger partial charge in [-0.25, -0.2) is 0 Å². The van der Waals surface area contributed by atoms with Crippen LogP contribution in [0.5, 0.6) is 0 Å². The normalized spacial score (nSPS) is 19.1. The Morgan fingerprint density at radius 2 is 1.26 bits per heavy atom. The summed E-state index contributed by atoms with van der Waals surface area (Å²) >= 11 is 1.67. The molecule has 0 fully saturated rings. The molecule has 0 radical (unpaired) electrons. The van der Waals surface area contributed by atoms with Gasteiger partial charge in [-0.05, 0) is 158 Å². The van der Waals surface area contributed by atoms with Gasteiger partial charge in [-0.2, -0.15) is 0 Å². The van der Waals surface area contributed by atoms with Crippen LogP contribution in [0.2, 0.25) is 0 Å². The number of fused-ring (bicyclic) bond motifs is 7. The molecule has 0 unspecified atom stereocenters. The van der Waals surface area contributed by atoms with Crippen molar-refractivity contribution in [3.8, 4) is 11.1 Å². The van der Waals surface area contributed by atoms with Crippen LogP contribution >= 0.6 is 11.3 Å². The van der Waals surface area contributed by atoms with Gasteiger partial charge in [-0.15, -0.1) is 11.3 Å². The lowest BCUT2D eigenvalue weighted by Gasteiger charge is -2.44. The van der Waals surface area contributed by atoms with Crippen LogP contribution in [0.25, 0.3) is 21.2 Å². The molecule has 3 aliphatic rings. The van der Waals surface area contributed by atoms with E-state index < -0.39 is 55.6 Å². The smallest absolute Gasteiger partial charge is 0.264 e. The molecular weight excluding hydrogens is 816 g/mol. The Bertz CT molecular complexity index is 3850. The molecule has 7 aromatic carbocycles. The van der Waals surface area contributed by atoms with Gasteiger partial charge in [0.15, 0.2) is 0 Å². The molecule has 1 aliphatic carbocycles. The molecule has 0 N–H and O–H groups in total. The molecule has 66 heavy (non-hydrogen) atoms. The van der Waals surface area contributed by atoms with Crippen molar-refractivity contribution in [3.05, 3.63) is 184 Å². The van der Waals surface area contributed by atoms with E-state index >= 15 is 0 Å². The Balaban J connectivity index is 1.32. The first-order valence-electron chi connectivity index (χ1n) is 29.6. The summed E-state index contributed by atoms with van der Waals surface area (Å²) in [5.41, 5.74) is 9.36. The lowest BCUT2D eigenvalue weighted by molar-refractivity contribution is 0.332. The molecule has 4 heteroatoms. The molecule has 11 rings (SSSR count). The molecule has 0 bridgehead atoms. The number of hydrogen-bond donors (Lipinski definition) is 0. The van der Waals surface area contributed by atoms with Crippen molar-refractivity contribution in [1.29, 1.82) is 0 Å². The van der Waals surface area contributed by atoms with Crippen LogP contribution in [-0.2, 0) is 28.0 Å². The van der Waals surface area contributed by atoms with Crippen molar-refractivity contribution in [2.75, 3.05) is 9.80 Å². The summed E-state index contributed by atoms with van der Waals surface area (Å²) < 4.78 is 120. The minimum Gasteiger partial charge on any atom is -0.311 e. The lowest BCUT2D eigenvalue weighted by Crippen LogP contribution is -2.60. The van der Waals surface area contributed by atoms with Gasteiger partial charge in [0, 0.05) is 50.0 Å². The van der Waals surface area contributed by atoms with E-state index in [9.17, 15) is 9.60 Å². The highest BCUT2D eigenvalue weighted by molar-refractivity contribution is 7.33. The van der Waals surface area contributed by atoms with Crippen molar-refractivity contribution in [2.45, 2.75) is 117 Å². The van der Waals surface area contributed by atoms with Crippen LogP contribution in [0.3, 0.4) is 0 Å². The summed E-state index contributed by atoms with van der Waals surface area (Å²) in [4.78, 5) is 4.14. The van der Waals surface area contributed by atoms with E-state index in [-0.39, 0.29) is 56.6 Å². The molecular formula is C62H63BN2S. The van der Waals surface area contributed by atoms with E-state index in [1.165, 1.54) is 23.3 Å². The van der Waals surface area contributed by atoms with E-state index in [2.05, 4.69) is 89.8 Å². The van der Waals surface area contributed by atoms with Crippen molar-refractivity contribution >= 4 is 78.0 Å². The molecule has 3 heterocycles.